The van der Waals surface area contributed by atoms with Gasteiger partial charge < -0.3 is 40.2 Å². The number of phosphoric ester groups is 2. The van der Waals surface area contributed by atoms with E-state index >= 15 is 0 Å². The van der Waals surface area contributed by atoms with Gasteiger partial charge in [0.1, 0.15) is 13.2 Å². The summed E-state index contributed by atoms with van der Waals surface area (Å²) in [5.41, 5.74) is 10.7. The number of ether oxygens (including phenoxy) is 4. The van der Waals surface area contributed by atoms with E-state index in [9.17, 15) is 38.1 Å². The average Bonchev–Trinajstić information content (AvgIpc) is 1.13. The van der Waals surface area contributed by atoms with E-state index in [4.69, 9.17) is 48.5 Å². The Kier molecular flexibility index (Phi) is 77.7. The van der Waals surface area contributed by atoms with E-state index in [1.54, 1.807) is 0 Å². The highest BCUT2D eigenvalue weighted by molar-refractivity contribution is 7.47. The van der Waals surface area contributed by atoms with E-state index in [0.717, 1.165) is 64.2 Å². The van der Waals surface area contributed by atoms with Crippen molar-refractivity contribution in [2.75, 3.05) is 52.7 Å². The van der Waals surface area contributed by atoms with Gasteiger partial charge in [-0.25, -0.2) is 9.13 Å². The fourth-order valence-corrected chi connectivity index (χ4v) is 13.4. The molecule has 98 heavy (non-hydrogen) atoms. The zero-order valence-electron chi connectivity index (χ0n) is 63.9. The molecule has 0 saturated carbocycles. The molecule has 0 aromatic heterocycles. The minimum absolute atomic E-state index is 0.0579. The van der Waals surface area contributed by atoms with Crippen molar-refractivity contribution in [3.05, 3.63) is 0 Å². The summed E-state index contributed by atoms with van der Waals surface area (Å²) < 4.78 is 65.4. The molecule has 0 saturated heterocycles. The van der Waals surface area contributed by atoms with Gasteiger partial charge in [0, 0.05) is 38.8 Å². The van der Waals surface area contributed by atoms with Crippen LogP contribution in [-0.2, 0) is 65.4 Å². The molecule has 0 aliphatic rings. The van der Waals surface area contributed by atoms with Crippen LogP contribution in [0.4, 0.5) is 0 Å². The molecule has 18 nitrogen and oxygen atoms in total. The first-order chi connectivity index (χ1) is 47.7. The molecular weight excluding hydrogens is 1280 g/mol. The van der Waals surface area contributed by atoms with Crippen LogP contribution in [0.15, 0.2) is 0 Å². The second kappa shape index (κ2) is 77.6. The number of hydrogen-bond acceptors (Lipinski definition) is 16. The minimum atomic E-state index is -4.36. The largest absolute Gasteiger partial charge is 0.472 e. The van der Waals surface area contributed by atoms with E-state index in [0.29, 0.717) is 12.8 Å². The highest BCUT2D eigenvalue weighted by atomic mass is 31.2. The quantitative estimate of drug-likeness (QED) is 0.0191. The molecule has 0 fully saturated rings. The lowest BCUT2D eigenvalue weighted by molar-refractivity contribution is -0.161. The van der Waals surface area contributed by atoms with Crippen molar-refractivity contribution >= 4 is 39.5 Å². The second-order valence-electron chi connectivity index (χ2n) is 27.7. The van der Waals surface area contributed by atoms with Crippen LogP contribution in [0.1, 0.15) is 413 Å². The maximum absolute atomic E-state index is 12.5. The van der Waals surface area contributed by atoms with Crippen molar-refractivity contribution in [1.82, 2.24) is 0 Å². The van der Waals surface area contributed by atoms with Crippen molar-refractivity contribution in [1.29, 1.82) is 0 Å². The molecule has 0 aliphatic heterocycles. The molecule has 0 rings (SSSR count). The molecule has 4 atom stereocenters. The summed E-state index contributed by atoms with van der Waals surface area (Å²) in [6.07, 6.45) is 68.2. The zero-order valence-corrected chi connectivity index (χ0v) is 65.7. The van der Waals surface area contributed by atoms with Gasteiger partial charge in [-0.05, 0) is 25.7 Å². The molecule has 0 spiro atoms. The maximum Gasteiger partial charge on any atom is 0.472 e. The van der Waals surface area contributed by atoms with Crippen LogP contribution in [0.2, 0.25) is 0 Å². The van der Waals surface area contributed by atoms with Crippen LogP contribution in [0.25, 0.3) is 0 Å². The summed E-state index contributed by atoms with van der Waals surface area (Å²) in [5.74, 6) is -1.63. The molecule has 6 N–H and O–H groups in total. The molecule has 0 bridgehead atoms. The topological polar surface area (TPSA) is 269 Å². The Morgan fingerprint density at radius 1 is 0.265 bits per heavy atom. The third-order valence-electron chi connectivity index (χ3n) is 18.0. The van der Waals surface area contributed by atoms with Gasteiger partial charge in [-0.2, -0.15) is 0 Å². The number of carbonyl (C=O) groups excluding carboxylic acids is 4. The predicted octanol–water partition coefficient (Wildman–Crippen LogP) is 22.6. The lowest BCUT2D eigenvalue weighted by Crippen LogP contribution is -2.29. The molecule has 0 amide bonds. The zero-order chi connectivity index (χ0) is 72.2. The van der Waals surface area contributed by atoms with Crippen molar-refractivity contribution in [2.24, 2.45) is 11.5 Å². The summed E-state index contributed by atoms with van der Waals surface area (Å²) in [5, 5.41) is 0. The Morgan fingerprint density at radius 3 is 0.622 bits per heavy atom. The van der Waals surface area contributed by atoms with Crippen LogP contribution in [0.5, 0.6) is 0 Å². The third kappa shape index (κ3) is 78.2. The van der Waals surface area contributed by atoms with Crippen LogP contribution in [-0.4, -0.2) is 98.6 Å². The second-order valence-corrected chi connectivity index (χ2v) is 30.7. The number of esters is 4. The summed E-state index contributed by atoms with van der Waals surface area (Å²) >= 11 is 0. The van der Waals surface area contributed by atoms with Crippen molar-refractivity contribution in [2.45, 2.75) is 425 Å². The molecule has 0 aromatic carbocycles. The van der Waals surface area contributed by atoms with Gasteiger partial charge in [0.05, 0.1) is 26.4 Å². The lowest BCUT2D eigenvalue weighted by atomic mass is 10.0. The van der Waals surface area contributed by atoms with Crippen LogP contribution >= 0.6 is 15.6 Å². The maximum atomic E-state index is 12.5. The summed E-state index contributed by atoms with van der Waals surface area (Å²) in [7, 11) is -8.73. The predicted molar refractivity (Wildman–Crippen MR) is 403 cm³/mol. The molecule has 2 unspecified atom stereocenters. The molecular formula is C78H156N2O16P2. The Labute approximate surface area is 601 Å². The smallest absolute Gasteiger partial charge is 0.462 e. The Bertz CT molecular complexity index is 1690. The first-order valence-corrected chi connectivity index (χ1v) is 44.0. The summed E-state index contributed by atoms with van der Waals surface area (Å²) in [6, 6.07) is 0. The number of hydrogen-bond donors (Lipinski definition) is 4. The van der Waals surface area contributed by atoms with Gasteiger partial charge in [-0.1, -0.05) is 362 Å². The third-order valence-corrected chi connectivity index (χ3v) is 20.0. The SMILES string of the molecule is CCCCCCCCCCCCCCCCC(=O)OC[C@H](COP(=O)(O)OCCN)OC(=O)CCCCCCCCCCCCCCCC.CCCCCCCCCCCCCCCCC(=O)OC[C@H](COP(=O)(O)OCCN)OC(=O)CCCCCCCCCCCCCCCC. The van der Waals surface area contributed by atoms with Crippen LogP contribution in [0, 0.1) is 0 Å². The fourth-order valence-electron chi connectivity index (χ4n) is 11.9. The van der Waals surface area contributed by atoms with E-state index in [2.05, 4.69) is 27.7 Å². The van der Waals surface area contributed by atoms with Gasteiger partial charge in [-0.15, -0.1) is 0 Å². The van der Waals surface area contributed by atoms with E-state index < -0.39 is 53.0 Å². The monoisotopic (exact) mass is 1440 g/mol. The number of phosphoric acid groups is 2. The van der Waals surface area contributed by atoms with Crippen LogP contribution < -0.4 is 11.5 Å². The standard InChI is InChI=1S/2C39H78NO8P/c2*1-3-5-7-9-11-13-15-17-19-21-23-25-27-29-31-38(41)45-35-37(36-47-49(43,44)46-34-33-40)48-39(42)32-30-28-26-24-22-20-18-16-14-12-10-8-6-4-2/h2*37H,3-36,40H2,1-2H3,(H,43,44)/t2*37-/m11/s1. The fraction of sp³-hybridized carbons (Fsp3) is 0.949. The first-order valence-electron chi connectivity index (χ1n) is 41.0. The summed E-state index contributed by atoms with van der Waals surface area (Å²) in [6.45, 7) is 7.52. The Morgan fingerprint density at radius 2 is 0.439 bits per heavy atom. The lowest BCUT2D eigenvalue weighted by Gasteiger charge is -2.19. The average molecular weight is 1440 g/mol. The van der Waals surface area contributed by atoms with Crippen LogP contribution in [0.3, 0.4) is 0 Å². The van der Waals surface area contributed by atoms with Gasteiger partial charge >= 0.3 is 39.5 Å². The number of rotatable bonds is 78. The van der Waals surface area contributed by atoms with Gasteiger partial charge in [0.2, 0.25) is 0 Å². The molecule has 0 heterocycles. The molecule has 0 aliphatic carbocycles. The van der Waals surface area contributed by atoms with Crippen molar-refractivity contribution in [3.8, 4) is 0 Å². The Balaban J connectivity index is 0. The number of nitrogens with two attached hydrogens (primary N) is 2. The number of carbonyl (C=O) groups is 4. The molecule has 0 aromatic rings. The number of unbranched alkanes of at least 4 members (excludes halogenated alkanes) is 52. The van der Waals surface area contributed by atoms with E-state index in [-0.39, 0.29) is 77.1 Å². The molecule has 20 heteroatoms. The van der Waals surface area contributed by atoms with Crippen molar-refractivity contribution in [3.63, 3.8) is 0 Å². The molecule has 584 valence electrons. The van der Waals surface area contributed by atoms with Crippen molar-refractivity contribution < 1.29 is 75.1 Å². The van der Waals surface area contributed by atoms with Gasteiger partial charge in [0.15, 0.2) is 12.2 Å². The minimum Gasteiger partial charge on any atom is -0.462 e. The first kappa shape index (κ1) is 98.1. The van der Waals surface area contributed by atoms with Gasteiger partial charge in [-0.3, -0.25) is 37.3 Å². The van der Waals surface area contributed by atoms with E-state index in [1.165, 1.54) is 283 Å². The Hall–Kier alpha value is -1.98. The van der Waals surface area contributed by atoms with E-state index in [1.807, 2.05) is 0 Å². The molecule has 0 radical (unpaired) electrons. The summed E-state index contributed by atoms with van der Waals surface area (Å²) in [4.78, 5) is 69.5. The highest BCUT2D eigenvalue weighted by Gasteiger charge is 2.28. The highest BCUT2D eigenvalue weighted by Crippen LogP contribution is 2.44. The van der Waals surface area contributed by atoms with Gasteiger partial charge in [0.25, 0.3) is 0 Å². The normalized spacial score (nSPS) is 13.3.